The van der Waals surface area contributed by atoms with Crippen LogP contribution in [-0.4, -0.2) is 23.3 Å². The third-order valence-electron chi connectivity index (χ3n) is 5.16. The Bertz CT molecular complexity index is 986. The number of hydrogen-bond acceptors (Lipinski definition) is 4. The SMILES string of the molecule is Cc1cc(-c2cc(F)c(B3OC(C)(C)C(C)(C)O3)c(F)c2)c(C#N)c(=O)[nH]1. The summed E-state index contributed by atoms with van der Waals surface area (Å²) in [5.74, 6) is -1.74. The summed E-state index contributed by atoms with van der Waals surface area (Å²) in [6.07, 6.45) is 0. The van der Waals surface area contributed by atoms with Gasteiger partial charge in [-0.3, -0.25) is 4.79 Å². The number of rotatable bonds is 2. The maximum atomic E-state index is 14.8. The lowest BCUT2D eigenvalue weighted by atomic mass is 9.77. The Labute approximate surface area is 156 Å². The first-order valence-electron chi connectivity index (χ1n) is 8.46. The smallest absolute Gasteiger partial charge is 0.399 e. The average molecular weight is 372 g/mol. The topological polar surface area (TPSA) is 75.1 Å². The van der Waals surface area contributed by atoms with Crippen molar-refractivity contribution in [2.24, 2.45) is 0 Å². The van der Waals surface area contributed by atoms with Crippen LogP contribution in [0.2, 0.25) is 0 Å². The van der Waals surface area contributed by atoms with E-state index in [2.05, 4.69) is 4.98 Å². The van der Waals surface area contributed by atoms with E-state index in [0.717, 1.165) is 12.1 Å². The molecule has 3 rings (SSSR count). The van der Waals surface area contributed by atoms with Crippen molar-refractivity contribution in [2.45, 2.75) is 45.8 Å². The fourth-order valence-electron chi connectivity index (χ4n) is 2.95. The van der Waals surface area contributed by atoms with Crippen molar-refractivity contribution in [3.63, 3.8) is 0 Å². The van der Waals surface area contributed by atoms with Gasteiger partial charge in [0.15, 0.2) is 0 Å². The fraction of sp³-hybridized carbons (Fsp3) is 0.368. The largest absolute Gasteiger partial charge is 0.500 e. The van der Waals surface area contributed by atoms with Crippen molar-refractivity contribution in [3.05, 3.63) is 51.4 Å². The van der Waals surface area contributed by atoms with Gasteiger partial charge in [0.1, 0.15) is 23.3 Å². The van der Waals surface area contributed by atoms with E-state index in [1.54, 1.807) is 40.7 Å². The van der Waals surface area contributed by atoms with Gasteiger partial charge in [-0.05, 0) is 58.4 Å². The van der Waals surface area contributed by atoms with Crippen molar-refractivity contribution in [3.8, 4) is 17.2 Å². The minimum absolute atomic E-state index is 0.0935. The molecule has 8 heteroatoms. The maximum Gasteiger partial charge on any atom is 0.500 e. The van der Waals surface area contributed by atoms with Crippen LogP contribution in [0.1, 0.15) is 39.0 Å². The molecule has 1 aliphatic rings. The van der Waals surface area contributed by atoms with Crippen LogP contribution in [0, 0.1) is 29.9 Å². The fourth-order valence-corrected chi connectivity index (χ4v) is 2.95. The molecule has 1 saturated heterocycles. The Morgan fingerprint density at radius 1 is 1.07 bits per heavy atom. The molecule has 0 amide bonds. The molecule has 2 heterocycles. The van der Waals surface area contributed by atoms with Crippen LogP contribution in [0.3, 0.4) is 0 Å². The first kappa shape index (κ1) is 19.3. The molecule has 0 aliphatic carbocycles. The molecule has 140 valence electrons. The zero-order chi connectivity index (χ0) is 20.1. The number of aryl methyl sites for hydroxylation is 1. The number of aromatic nitrogens is 1. The van der Waals surface area contributed by atoms with Crippen LogP contribution in [0.25, 0.3) is 11.1 Å². The van der Waals surface area contributed by atoms with E-state index in [-0.39, 0.29) is 22.2 Å². The molecule has 0 atom stereocenters. The second-order valence-electron chi connectivity index (χ2n) is 7.62. The summed E-state index contributed by atoms with van der Waals surface area (Å²) in [5.41, 5.74) is -1.90. The Morgan fingerprint density at radius 3 is 2.07 bits per heavy atom. The Kier molecular flexibility index (Phi) is 4.49. The number of nitrogens with one attached hydrogen (secondary N) is 1. The number of nitrogens with zero attached hydrogens (tertiary/aromatic N) is 1. The molecule has 1 N–H and O–H groups in total. The van der Waals surface area contributed by atoms with Gasteiger partial charge < -0.3 is 14.3 Å². The summed E-state index contributed by atoms with van der Waals surface area (Å²) < 4.78 is 41.1. The van der Waals surface area contributed by atoms with Crippen LogP contribution in [-0.2, 0) is 9.31 Å². The average Bonchev–Trinajstić information content (AvgIpc) is 2.73. The molecule has 27 heavy (non-hydrogen) atoms. The van der Waals surface area contributed by atoms with E-state index in [1.165, 1.54) is 6.07 Å². The van der Waals surface area contributed by atoms with Gasteiger partial charge in [-0.25, -0.2) is 8.78 Å². The first-order valence-corrected chi connectivity index (χ1v) is 8.46. The summed E-state index contributed by atoms with van der Waals surface area (Å²) in [6, 6.07) is 5.45. The molecule has 1 fully saturated rings. The quantitative estimate of drug-likeness (QED) is 0.823. The predicted molar refractivity (Wildman–Crippen MR) is 97.6 cm³/mol. The minimum atomic E-state index is -1.19. The van der Waals surface area contributed by atoms with Gasteiger partial charge in [-0.1, -0.05) is 0 Å². The molecule has 0 spiro atoms. The summed E-state index contributed by atoms with van der Waals surface area (Å²) in [6.45, 7) is 8.77. The first-order chi connectivity index (χ1) is 12.5. The second-order valence-corrected chi connectivity index (χ2v) is 7.62. The molecular formula is C19H19BF2N2O3. The van der Waals surface area contributed by atoms with Gasteiger partial charge in [0.05, 0.1) is 16.7 Å². The summed E-state index contributed by atoms with van der Waals surface area (Å²) >= 11 is 0. The molecule has 0 unspecified atom stereocenters. The molecule has 1 aromatic carbocycles. The van der Waals surface area contributed by atoms with E-state index in [0.29, 0.717) is 5.69 Å². The Hall–Kier alpha value is -2.50. The summed E-state index contributed by atoms with van der Waals surface area (Å²) in [4.78, 5) is 14.4. The highest BCUT2D eigenvalue weighted by molar-refractivity contribution is 6.62. The molecule has 0 saturated carbocycles. The van der Waals surface area contributed by atoms with Gasteiger partial charge in [-0.15, -0.1) is 0 Å². The maximum absolute atomic E-state index is 14.8. The van der Waals surface area contributed by atoms with Crippen molar-refractivity contribution in [1.29, 1.82) is 5.26 Å². The van der Waals surface area contributed by atoms with Gasteiger partial charge in [0.2, 0.25) is 0 Å². The van der Waals surface area contributed by atoms with Gasteiger partial charge in [-0.2, -0.15) is 5.26 Å². The van der Waals surface area contributed by atoms with Crippen LogP contribution >= 0.6 is 0 Å². The normalized spacial score (nSPS) is 17.8. The van der Waals surface area contributed by atoms with E-state index in [1.807, 2.05) is 0 Å². The third kappa shape index (κ3) is 3.18. The lowest BCUT2D eigenvalue weighted by molar-refractivity contribution is 0.00578. The zero-order valence-corrected chi connectivity index (χ0v) is 15.7. The predicted octanol–water partition coefficient (Wildman–Crippen LogP) is 2.80. The number of benzene rings is 1. The lowest BCUT2D eigenvalue weighted by Crippen LogP contribution is -2.41. The second kappa shape index (κ2) is 6.29. The van der Waals surface area contributed by atoms with Crippen molar-refractivity contribution in [2.75, 3.05) is 0 Å². The minimum Gasteiger partial charge on any atom is -0.399 e. The molecule has 0 bridgehead atoms. The molecule has 1 aromatic heterocycles. The number of pyridine rings is 1. The highest BCUT2D eigenvalue weighted by atomic mass is 19.1. The number of aromatic amines is 1. The standard InChI is InChI=1S/C19H19BF2N2O3/c1-10-6-12(13(9-23)17(25)24-10)11-7-14(21)16(15(22)8-11)20-26-18(2,3)19(4,5)27-20/h6-8H,1-5H3,(H,24,25). The van der Waals surface area contributed by atoms with Crippen LogP contribution < -0.4 is 11.0 Å². The number of halogens is 2. The molecular weight excluding hydrogens is 353 g/mol. The lowest BCUT2D eigenvalue weighted by Gasteiger charge is -2.32. The zero-order valence-electron chi connectivity index (χ0n) is 15.7. The van der Waals surface area contributed by atoms with Crippen molar-refractivity contribution >= 4 is 12.6 Å². The molecule has 0 radical (unpaired) electrons. The van der Waals surface area contributed by atoms with E-state index < -0.39 is 35.5 Å². The van der Waals surface area contributed by atoms with E-state index in [4.69, 9.17) is 9.31 Å². The Morgan fingerprint density at radius 2 is 1.59 bits per heavy atom. The molecule has 1 aliphatic heterocycles. The van der Waals surface area contributed by atoms with Gasteiger partial charge >= 0.3 is 7.12 Å². The highest BCUT2D eigenvalue weighted by Gasteiger charge is 2.53. The van der Waals surface area contributed by atoms with Gasteiger partial charge in [0, 0.05) is 11.3 Å². The third-order valence-corrected chi connectivity index (χ3v) is 5.16. The number of hydrogen-bond donors (Lipinski definition) is 1. The number of H-pyrrole nitrogens is 1. The van der Waals surface area contributed by atoms with E-state index in [9.17, 15) is 18.8 Å². The summed E-state index contributed by atoms with van der Waals surface area (Å²) in [5, 5.41) is 9.24. The molecule has 2 aromatic rings. The summed E-state index contributed by atoms with van der Waals surface area (Å²) in [7, 11) is -1.19. The number of nitriles is 1. The van der Waals surface area contributed by atoms with Crippen LogP contribution in [0.4, 0.5) is 8.78 Å². The highest BCUT2D eigenvalue weighted by Crippen LogP contribution is 2.37. The van der Waals surface area contributed by atoms with Crippen molar-refractivity contribution in [1.82, 2.24) is 4.98 Å². The van der Waals surface area contributed by atoms with E-state index >= 15 is 0 Å². The molecule has 5 nitrogen and oxygen atoms in total. The van der Waals surface area contributed by atoms with Crippen LogP contribution in [0.5, 0.6) is 0 Å². The Balaban J connectivity index is 2.11. The monoisotopic (exact) mass is 372 g/mol. The van der Waals surface area contributed by atoms with Crippen LogP contribution in [0.15, 0.2) is 23.0 Å². The van der Waals surface area contributed by atoms with Crippen molar-refractivity contribution < 1.29 is 18.1 Å². The van der Waals surface area contributed by atoms with Gasteiger partial charge in [0.25, 0.3) is 5.56 Å².